The minimum atomic E-state index is -0.938. The number of carboxylic acid groups (broad SMARTS) is 1. The van der Waals surface area contributed by atoms with Crippen LogP contribution in [0.15, 0.2) is 30.3 Å². The van der Waals surface area contributed by atoms with Gasteiger partial charge in [-0.2, -0.15) is 0 Å². The average molecular weight is 262 g/mol. The van der Waals surface area contributed by atoms with Gasteiger partial charge in [0, 0.05) is 6.04 Å². The van der Waals surface area contributed by atoms with E-state index >= 15 is 0 Å². The third-order valence-electron chi connectivity index (χ3n) is 3.34. The second-order valence-electron chi connectivity index (χ2n) is 4.95. The second kappa shape index (κ2) is 5.40. The number of carboxylic acids is 1. The van der Waals surface area contributed by atoms with E-state index in [0.29, 0.717) is 0 Å². The molecule has 2 unspecified atom stereocenters. The molecule has 1 aromatic rings. The lowest BCUT2D eigenvalue weighted by Gasteiger charge is -2.42. The van der Waals surface area contributed by atoms with Crippen molar-refractivity contribution < 1.29 is 14.7 Å². The van der Waals surface area contributed by atoms with E-state index in [1.54, 1.807) is 4.90 Å². The van der Waals surface area contributed by atoms with Crippen molar-refractivity contribution in [1.82, 2.24) is 10.2 Å². The molecule has 0 aromatic heterocycles. The number of nitrogens with zero attached hydrogens (tertiary/aromatic N) is 1. The first-order valence-electron chi connectivity index (χ1n) is 6.34. The van der Waals surface area contributed by atoms with Crippen LogP contribution < -0.4 is 5.32 Å². The summed E-state index contributed by atoms with van der Waals surface area (Å²) in [7, 11) is 0. The fourth-order valence-electron chi connectivity index (χ4n) is 2.55. The van der Waals surface area contributed by atoms with Gasteiger partial charge in [0.25, 0.3) is 0 Å². The van der Waals surface area contributed by atoms with Crippen LogP contribution in [0.3, 0.4) is 0 Å². The van der Waals surface area contributed by atoms with E-state index in [1.165, 1.54) is 0 Å². The standard InChI is InChI=1S/C14H18N2O3/c1-9(2)16-11(17)8-15-12(14(18)19)13(16)10-6-4-3-5-7-10/h3-7,9,12-13,15H,8H2,1-2H3,(H,18,19). The van der Waals surface area contributed by atoms with Gasteiger partial charge in [0.15, 0.2) is 0 Å². The highest BCUT2D eigenvalue weighted by atomic mass is 16.4. The Bertz CT molecular complexity index is 473. The molecular formula is C14H18N2O3. The van der Waals surface area contributed by atoms with E-state index in [-0.39, 0.29) is 18.5 Å². The number of carbonyl (C=O) groups is 2. The van der Waals surface area contributed by atoms with Crippen LogP contribution in [0.4, 0.5) is 0 Å². The molecule has 1 saturated heterocycles. The fraction of sp³-hybridized carbons (Fsp3) is 0.429. The highest BCUT2D eigenvalue weighted by Gasteiger charge is 2.41. The first-order chi connectivity index (χ1) is 9.02. The SMILES string of the molecule is CC(C)N1C(=O)CNC(C(=O)O)C1c1ccccc1. The largest absolute Gasteiger partial charge is 0.480 e. The summed E-state index contributed by atoms with van der Waals surface area (Å²) in [6, 6.07) is 8.01. The Balaban J connectivity index is 2.44. The summed E-state index contributed by atoms with van der Waals surface area (Å²) in [6.07, 6.45) is 0. The number of amides is 1. The molecule has 5 nitrogen and oxygen atoms in total. The number of benzene rings is 1. The van der Waals surface area contributed by atoms with Crippen LogP contribution in [0.25, 0.3) is 0 Å². The smallest absolute Gasteiger partial charge is 0.323 e. The van der Waals surface area contributed by atoms with Crippen molar-refractivity contribution in [2.24, 2.45) is 0 Å². The van der Waals surface area contributed by atoms with Crippen molar-refractivity contribution in [2.45, 2.75) is 32.0 Å². The highest BCUT2D eigenvalue weighted by molar-refractivity contribution is 5.84. The topological polar surface area (TPSA) is 69.6 Å². The summed E-state index contributed by atoms with van der Waals surface area (Å²) >= 11 is 0. The average Bonchev–Trinajstić information content (AvgIpc) is 2.38. The molecule has 0 aliphatic carbocycles. The lowest BCUT2D eigenvalue weighted by Crippen LogP contribution is -2.60. The van der Waals surface area contributed by atoms with Gasteiger partial charge < -0.3 is 10.0 Å². The zero-order valence-corrected chi connectivity index (χ0v) is 11.0. The number of hydrogen-bond donors (Lipinski definition) is 2. The van der Waals surface area contributed by atoms with Crippen molar-refractivity contribution in [1.29, 1.82) is 0 Å². The maximum atomic E-state index is 12.1. The first-order valence-corrected chi connectivity index (χ1v) is 6.34. The summed E-state index contributed by atoms with van der Waals surface area (Å²) in [6.45, 7) is 3.87. The number of rotatable bonds is 3. The van der Waals surface area contributed by atoms with E-state index in [0.717, 1.165) is 5.56 Å². The Hall–Kier alpha value is -1.88. The third kappa shape index (κ3) is 2.61. The third-order valence-corrected chi connectivity index (χ3v) is 3.34. The quantitative estimate of drug-likeness (QED) is 0.853. The van der Waals surface area contributed by atoms with Gasteiger partial charge in [0.05, 0.1) is 12.6 Å². The van der Waals surface area contributed by atoms with Crippen molar-refractivity contribution in [3.8, 4) is 0 Å². The van der Waals surface area contributed by atoms with Crippen LogP contribution >= 0.6 is 0 Å². The Kier molecular flexibility index (Phi) is 3.85. The zero-order valence-electron chi connectivity index (χ0n) is 11.0. The molecule has 1 aliphatic rings. The normalized spacial score (nSPS) is 23.7. The van der Waals surface area contributed by atoms with Crippen LogP contribution in [0, 0.1) is 0 Å². The number of aliphatic carboxylic acids is 1. The Labute approximate surface area is 112 Å². The Morgan fingerprint density at radius 1 is 1.37 bits per heavy atom. The monoisotopic (exact) mass is 262 g/mol. The molecule has 5 heteroatoms. The van der Waals surface area contributed by atoms with E-state index in [4.69, 9.17) is 0 Å². The molecule has 0 bridgehead atoms. The van der Waals surface area contributed by atoms with E-state index in [1.807, 2.05) is 44.2 Å². The van der Waals surface area contributed by atoms with Gasteiger partial charge in [-0.3, -0.25) is 14.9 Å². The summed E-state index contributed by atoms with van der Waals surface area (Å²) in [5.74, 6) is -1.01. The molecule has 2 atom stereocenters. The van der Waals surface area contributed by atoms with Crippen LogP contribution in [0.5, 0.6) is 0 Å². The predicted octanol–water partition coefficient (Wildman–Crippen LogP) is 1.02. The molecule has 1 aliphatic heterocycles. The number of hydrogen-bond acceptors (Lipinski definition) is 3. The summed E-state index contributed by atoms with van der Waals surface area (Å²) in [5.41, 5.74) is 0.837. The van der Waals surface area contributed by atoms with Crippen LogP contribution in [-0.2, 0) is 9.59 Å². The van der Waals surface area contributed by atoms with Crippen LogP contribution in [0.1, 0.15) is 25.5 Å². The molecule has 102 valence electrons. The summed E-state index contributed by atoms with van der Waals surface area (Å²) in [5, 5.41) is 12.2. The van der Waals surface area contributed by atoms with Crippen molar-refractivity contribution in [2.75, 3.05) is 6.54 Å². The first kappa shape index (κ1) is 13.5. The maximum Gasteiger partial charge on any atom is 0.323 e. The van der Waals surface area contributed by atoms with Crippen LogP contribution in [-0.4, -0.2) is 40.5 Å². The molecule has 1 fully saturated rings. The van der Waals surface area contributed by atoms with Crippen molar-refractivity contribution in [3.63, 3.8) is 0 Å². The zero-order chi connectivity index (χ0) is 14.0. The predicted molar refractivity (Wildman–Crippen MR) is 70.6 cm³/mol. The maximum absolute atomic E-state index is 12.1. The van der Waals surface area contributed by atoms with E-state index < -0.39 is 18.1 Å². The number of piperazine rings is 1. The molecule has 0 saturated carbocycles. The van der Waals surface area contributed by atoms with Gasteiger partial charge in [0.2, 0.25) is 5.91 Å². The summed E-state index contributed by atoms with van der Waals surface area (Å²) in [4.78, 5) is 25.1. The van der Waals surface area contributed by atoms with Gasteiger partial charge in [-0.1, -0.05) is 30.3 Å². The van der Waals surface area contributed by atoms with E-state index in [2.05, 4.69) is 5.32 Å². The molecule has 0 spiro atoms. The number of carbonyl (C=O) groups excluding carboxylic acids is 1. The lowest BCUT2D eigenvalue weighted by atomic mass is 9.94. The van der Waals surface area contributed by atoms with E-state index in [9.17, 15) is 14.7 Å². The van der Waals surface area contributed by atoms with Gasteiger partial charge in [-0.15, -0.1) is 0 Å². The molecule has 19 heavy (non-hydrogen) atoms. The van der Waals surface area contributed by atoms with Gasteiger partial charge >= 0.3 is 5.97 Å². The van der Waals surface area contributed by atoms with Gasteiger partial charge in [-0.25, -0.2) is 0 Å². The summed E-state index contributed by atoms with van der Waals surface area (Å²) < 4.78 is 0. The van der Waals surface area contributed by atoms with Crippen molar-refractivity contribution in [3.05, 3.63) is 35.9 Å². The molecule has 2 rings (SSSR count). The lowest BCUT2D eigenvalue weighted by molar-refractivity contribution is -0.149. The van der Waals surface area contributed by atoms with Gasteiger partial charge in [-0.05, 0) is 19.4 Å². The van der Waals surface area contributed by atoms with Crippen LogP contribution in [0.2, 0.25) is 0 Å². The number of nitrogens with one attached hydrogen (secondary N) is 1. The highest BCUT2D eigenvalue weighted by Crippen LogP contribution is 2.29. The Morgan fingerprint density at radius 2 is 2.00 bits per heavy atom. The second-order valence-corrected chi connectivity index (χ2v) is 4.95. The fourth-order valence-corrected chi connectivity index (χ4v) is 2.55. The molecule has 1 aromatic carbocycles. The molecule has 1 amide bonds. The van der Waals surface area contributed by atoms with Gasteiger partial charge in [0.1, 0.15) is 6.04 Å². The minimum Gasteiger partial charge on any atom is -0.480 e. The molecule has 1 heterocycles. The minimum absolute atomic E-state index is 0.0401. The van der Waals surface area contributed by atoms with Crippen molar-refractivity contribution >= 4 is 11.9 Å². The molecule has 2 N–H and O–H groups in total. The molecule has 0 radical (unpaired) electrons. The molecular weight excluding hydrogens is 244 g/mol. The Morgan fingerprint density at radius 3 is 2.53 bits per heavy atom.